The van der Waals surface area contributed by atoms with Gasteiger partial charge in [-0.05, 0) is 46.5 Å². The van der Waals surface area contributed by atoms with Gasteiger partial charge in [-0.2, -0.15) is 0 Å². The number of rotatable bonds is 9. The molecule has 0 aliphatic carbocycles. The number of nitrogens with zero attached hydrogens (tertiary/aromatic N) is 1. The monoisotopic (exact) mass is 466 g/mol. The van der Waals surface area contributed by atoms with Crippen molar-refractivity contribution in [1.29, 1.82) is 0 Å². The lowest BCUT2D eigenvalue weighted by molar-refractivity contribution is -0.148. The first kappa shape index (κ1) is 22.9. The smallest absolute Gasteiger partial charge is 0.308 e. The molecule has 1 aromatic carbocycles. The predicted molar refractivity (Wildman–Crippen MR) is 113 cm³/mol. The van der Waals surface area contributed by atoms with E-state index >= 15 is 0 Å². The zero-order chi connectivity index (χ0) is 21.4. The molecule has 0 spiro atoms. The fraction of sp³-hybridized carbons (Fsp3) is 0.476. The van der Waals surface area contributed by atoms with Crippen molar-refractivity contribution < 1.29 is 23.9 Å². The summed E-state index contributed by atoms with van der Waals surface area (Å²) < 4.78 is 11.3. The number of carbonyl (C=O) groups is 3. The third kappa shape index (κ3) is 6.59. The quantitative estimate of drug-likeness (QED) is 0.446. The highest BCUT2D eigenvalue weighted by atomic mass is 79.9. The summed E-state index contributed by atoms with van der Waals surface area (Å²) >= 11 is 3.39. The van der Waals surface area contributed by atoms with E-state index in [1.807, 2.05) is 13.8 Å². The summed E-state index contributed by atoms with van der Waals surface area (Å²) in [5.41, 5.74) is 0.399. The van der Waals surface area contributed by atoms with Gasteiger partial charge in [0.25, 0.3) is 5.91 Å². The minimum Gasteiger partial charge on any atom is -0.488 e. The van der Waals surface area contributed by atoms with Crippen LogP contribution in [-0.4, -0.2) is 55.0 Å². The second-order valence-corrected chi connectivity index (χ2v) is 8.01. The number of benzene rings is 1. The predicted octanol–water partition coefficient (Wildman–Crippen LogP) is 2.93. The first-order valence-electron chi connectivity index (χ1n) is 9.61. The van der Waals surface area contributed by atoms with Crippen molar-refractivity contribution >= 4 is 33.7 Å². The maximum absolute atomic E-state index is 13.0. The van der Waals surface area contributed by atoms with Gasteiger partial charge in [-0.15, -0.1) is 0 Å². The molecule has 1 aromatic rings. The minimum absolute atomic E-state index is 0.169. The van der Waals surface area contributed by atoms with Gasteiger partial charge >= 0.3 is 5.97 Å². The molecule has 1 heterocycles. The molecule has 2 amide bonds. The minimum atomic E-state index is -0.890. The second-order valence-electron chi connectivity index (χ2n) is 7.16. The van der Waals surface area contributed by atoms with Crippen LogP contribution < -0.4 is 10.1 Å². The maximum atomic E-state index is 13.0. The van der Waals surface area contributed by atoms with E-state index in [1.54, 1.807) is 24.3 Å². The van der Waals surface area contributed by atoms with Crippen molar-refractivity contribution in [2.75, 3.05) is 26.3 Å². The van der Waals surface area contributed by atoms with Crippen LogP contribution in [0.25, 0.3) is 0 Å². The molecule has 0 saturated carbocycles. The number of esters is 1. The highest BCUT2D eigenvalue weighted by Crippen LogP contribution is 2.27. The number of piperazine rings is 1. The first-order valence-corrected chi connectivity index (χ1v) is 10.4. The fourth-order valence-corrected chi connectivity index (χ4v) is 3.34. The van der Waals surface area contributed by atoms with Crippen molar-refractivity contribution in [3.8, 4) is 5.75 Å². The lowest BCUT2D eigenvalue weighted by atomic mass is 10.1. The Morgan fingerprint density at radius 3 is 2.83 bits per heavy atom. The Balaban J connectivity index is 2.09. The molecule has 158 valence electrons. The lowest BCUT2D eigenvalue weighted by Crippen LogP contribution is -2.57. The molecule has 1 aliphatic rings. The summed E-state index contributed by atoms with van der Waals surface area (Å²) in [6.07, 6.45) is 2.21. The number of nitrogens with one attached hydrogen (secondary N) is 1. The zero-order valence-corrected chi connectivity index (χ0v) is 18.4. The highest BCUT2D eigenvalue weighted by molar-refractivity contribution is 9.10. The van der Waals surface area contributed by atoms with E-state index in [2.05, 4.69) is 27.8 Å². The third-order valence-corrected chi connectivity index (χ3v) is 5.07. The summed E-state index contributed by atoms with van der Waals surface area (Å²) in [6.45, 7) is 8.98. The Morgan fingerprint density at radius 2 is 2.17 bits per heavy atom. The summed E-state index contributed by atoms with van der Waals surface area (Å²) in [5.74, 6) is -0.162. The summed E-state index contributed by atoms with van der Waals surface area (Å²) in [6, 6.07) is 4.07. The van der Waals surface area contributed by atoms with E-state index in [-0.39, 0.29) is 18.2 Å². The Labute approximate surface area is 179 Å². The van der Waals surface area contributed by atoms with Crippen LogP contribution in [-0.2, 0) is 14.3 Å². The van der Waals surface area contributed by atoms with Gasteiger partial charge in [-0.25, -0.2) is 0 Å². The van der Waals surface area contributed by atoms with Gasteiger partial charge in [0.2, 0.25) is 5.91 Å². The molecule has 1 aliphatic heterocycles. The van der Waals surface area contributed by atoms with Gasteiger partial charge < -0.3 is 19.7 Å². The molecule has 1 atom stereocenters. The Morgan fingerprint density at radius 1 is 1.41 bits per heavy atom. The number of amides is 2. The largest absolute Gasteiger partial charge is 0.488 e. The van der Waals surface area contributed by atoms with Crippen LogP contribution in [0.5, 0.6) is 5.75 Å². The van der Waals surface area contributed by atoms with Crippen LogP contribution in [0, 0.1) is 5.92 Å². The van der Waals surface area contributed by atoms with Gasteiger partial charge in [-0.1, -0.05) is 26.5 Å². The molecule has 29 heavy (non-hydrogen) atoms. The molecule has 7 nitrogen and oxygen atoms in total. The van der Waals surface area contributed by atoms with Gasteiger partial charge in [-0.3, -0.25) is 14.4 Å². The van der Waals surface area contributed by atoms with Crippen molar-refractivity contribution in [1.82, 2.24) is 10.2 Å². The van der Waals surface area contributed by atoms with Gasteiger partial charge in [0.1, 0.15) is 18.4 Å². The Kier molecular flexibility index (Phi) is 8.70. The molecule has 1 fully saturated rings. The summed E-state index contributed by atoms with van der Waals surface area (Å²) in [7, 11) is 0. The average Bonchev–Trinajstić information content (AvgIpc) is 2.67. The van der Waals surface area contributed by atoms with E-state index < -0.39 is 12.0 Å². The molecule has 1 saturated heterocycles. The van der Waals surface area contributed by atoms with Crippen molar-refractivity contribution in [3.63, 3.8) is 0 Å². The zero-order valence-electron chi connectivity index (χ0n) is 16.8. The molecule has 1 unspecified atom stereocenters. The molecular weight excluding hydrogens is 440 g/mol. The molecule has 2 rings (SSSR count). The average molecular weight is 467 g/mol. The van der Waals surface area contributed by atoms with E-state index in [4.69, 9.17) is 9.47 Å². The normalized spacial score (nSPS) is 16.3. The second kappa shape index (κ2) is 11.0. The lowest BCUT2D eigenvalue weighted by Gasteiger charge is -2.34. The van der Waals surface area contributed by atoms with Crippen molar-refractivity contribution in [2.24, 2.45) is 5.92 Å². The van der Waals surface area contributed by atoms with Crippen LogP contribution in [0.15, 0.2) is 35.3 Å². The summed E-state index contributed by atoms with van der Waals surface area (Å²) in [5, 5.41) is 2.71. The highest BCUT2D eigenvalue weighted by Gasteiger charge is 2.35. The number of halogens is 1. The Bertz CT molecular complexity index is 765. The molecule has 8 heteroatoms. The van der Waals surface area contributed by atoms with Gasteiger partial charge in [0.15, 0.2) is 0 Å². The number of carbonyl (C=O) groups excluding carboxylic acids is 3. The van der Waals surface area contributed by atoms with Gasteiger partial charge in [0.05, 0.1) is 17.5 Å². The van der Waals surface area contributed by atoms with Crippen LogP contribution in [0.1, 0.15) is 37.0 Å². The van der Waals surface area contributed by atoms with E-state index in [1.165, 1.54) is 4.90 Å². The number of ether oxygens (including phenoxy) is 2. The molecular formula is C21H27BrN2O5. The van der Waals surface area contributed by atoms with E-state index in [9.17, 15) is 14.4 Å². The topological polar surface area (TPSA) is 84.9 Å². The third-order valence-electron chi connectivity index (χ3n) is 4.45. The Hall–Kier alpha value is -2.35. The fourth-order valence-electron chi connectivity index (χ4n) is 2.85. The standard InChI is InChI=1S/C21H27BrN2O5/c1-4-10-28-18-6-5-15(12-16(18)22)21(27)24-9-8-23-20(26)17(24)13-19(25)29-11-7-14(2)3/h4-6,12,14,17H,1,7-11,13H2,2-3H3,(H,23,26). The van der Waals surface area contributed by atoms with Gasteiger partial charge in [0, 0.05) is 18.7 Å². The van der Waals surface area contributed by atoms with Crippen LogP contribution in [0.3, 0.4) is 0 Å². The molecule has 1 N–H and O–H groups in total. The number of hydrogen-bond donors (Lipinski definition) is 1. The van der Waals surface area contributed by atoms with Crippen LogP contribution >= 0.6 is 15.9 Å². The molecule has 0 aromatic heterocycles. The van der Waals surface area contributed by atoms with Crippen LogP contribution in [0.2, 0.25) is 0 Å². The maximum Gasteiger partial charge on any atom is 0.308 e. The van der Waals surface area contributed by atoms with Crippen molar-refractivity contribution in [2.45, 2.75) is 32.7 Å². The number of hydrogen-bond acceptors (Lipinski definition) is 5. The van der Waals surface area contributed by atoms with Crippen LogP contribution in [0.4, 0.5) is 0 Å². The SMILES string of the molecule is C=CCOc1ccc(C(=O)N2CCNC(=O)C2CC(=O)OCCC(C)C)cc1Br. The van der Waals surface area contributed by atoms with Crippen molar-refractivity contribution in [3.05, 3.63) is 40.9 Å². The molecule has 0 radical (unpaired) electrons. The molecule has 0 bridgehead atoms. The van der Waals surface area contributed by atoms with E-state index in [0.29, 0.717) is 48.0 Å². The van der Waals surface area contributed by atoms with E-state index in [0.717, 1.165) is 6.42 Å². The first-order chi connectivity index (χ1) is 13.8. The summed E-state index contributed by atoms with van der Waals surface area (Å²) in [4.78, 5) is 39.0.